The van der Waals surface area contributed by atoms with Crippen LogP contribution in [0.3, 0.4) is 0 Å². The summed E-state index contributed by atoms with van der Waals surface area (Å²) in [6.07, 6.45) is 0. The van der Waals surface area contributed by atoms with E-state index in [2.05, 4.69) is 13.2 Å². The molecule has 3 rings (SSSR count). The number of ether oxygens (including phenoxy) is 4. The third-order valence-electron chi connectivity index (χ3n) is 5.41. The molecular formula is C30H29FO6. The van der Waals surface area contributed by atoms with Crippen LogP contribution in [0.4, 0.5) is 4.39 Å². The van der Waals surface area contributed by atoms with Crippen molar-refractivity contribution in [2.45, 2.75) is 27.1 Å². The first-order valence-corrected chi connectivity index (χ1v) is 11.4. The van der Waals surface area contributed by atoms with Crippen molar-refractivity contribution in [1.82, 2.24) is 0 Å². The average molecular weight is 505 g/mol. The van der Waals surface area contributed by atoms with Gasteiger partial charge in [-0.3, -0.25) is 0 Å². The quantitative estimate of drug-likeness (QED) is 0.180. The Bertz CT molecular complexity index is 1310. The second-order valence-electron chi connectivity index (χ2n) is 8.55. The standard InChI is InChI=1S/C30H29FO6/c1-18(2)29(32)36-25-11-12-26(27(31)15-25)21-9-7-20(8-10-21)22-13-23(16-34-5)28(24(14-22)17-35-6)37-30(33)19(3)4/h7-15H,1,3,16-17H2,2,4-6H3. The van der Waals surface area contributed by atoms with Gasteiger partial charge in [0.25, 0.3) is 0 Å². The monoisotopic (exact) mass is 504 g/mol. The number of methoxy groups -OCH3 is 2. The molecule has 0 radical (unpaired) electrons. The maximum atomic E-state index is 14.8. The van der Waals surface area contributed by atoms with Gasteiger partial charge in [-0.15, -0.1) is 0 Å². The molecule has 0 fully saturated rings. The summed E-state index contributed by atoms with van der Waals surface area (Å²) in [7, 11) is 3.11. The van der Waals surface area contributed by atoms with Crippen LogP contribution in [-0.2, 0) is 32.3 Å². The highest BCUT2D eigenvalue weighted by Crippen LogP contribution is 2.34. The van der Waals surface area contributed by atoms with Crippen molar-refractivity contribution in [3.05, 3.63) is 95.8 Å². The van der Waals surface area contributed by atoms with Gasteiger partial charge in [0.15, 0.2) is 0 Å². The molecule has 0 saturated heterocycles. The average Bonchev–Trinajstić information content (AvgIpc) is 2.86. The molecule has 0 spiro atoms. The van der Waals surface area contributed by atoms with Crippen molar-refractivity contribution in [3.63, 3.8) is 0 Å². The summed E-state index contributed by atoms with van der Waals surface area (Å²) in [4.78, 5) is 23.9. The van der Waals surface area contributed by atoms with Crippen molar-refractivity contribution in [2.75, 3.05) is 14.2 Å². The molecule has 37 heavy (non-hydrogen) atoms. The van der Waals surface area contributed by atoms with Gasteiger partial charge in [0, 0.05) is 48.1 Å². The zero-order chi connectivity index (χ0) is 27.1. The maximum absolute atomic E-state index is 14.8. The maximum Gasteiger partial charge on any atom is 0.338 e. The van der Waals surface area contributed by atoms with E-state index < -0.39 is 17.8 Å². The van der Waals surface area contributed by atoms with Crippen LogP contribution in [0.2, 0.25) is 0 Å². The normalized spacial score (nSPS) is 10.6. The molecule has 0 unspecified atom stereocenters. The molecule has 0 aliphatic heterocycles. The summed E-state index contributed by atoms with van der Waals surface area (Å²) in [5.41, 5.74) is 4.59. The molecule has 0 aliphatic carbocycles. The molecule has 0 atom stereocenters. The van der Waals surface area contributed by atoms with Crippen molar-refractivity contribution >= 4 is 11.9 Å². The Kier molecular flexibility index (Phi) is 9.11. The third kappa shape index (κ3) is 6.78. The van der Waals surface area contributed by atoms with E-state index >= 15 is 0 Å². The Balaban J connectivity index is 1.95. The van der Waals surface area contributed by atoms with Crippen LogP contribution < -0.4 is 9.47 Å². The number of carbonyl (C=O) groups excluding carboxylic acids is 2. The lowest BCUT2D eigenvalue weighted by atomic mass is 9.96. The summed E-state index contributed by atoms with van der Waals surface area (Å²) in [5, 5.41) is 0. The second-order valence-corrected chi connectivity index (χ2v) is 8.55. The van der Waals surface area contributed by atoms with E-state index in [4.69, 9.17) is 18.9 Å². The molecule has 3 aromatic carbocycles. The smallest absolute Gasteiger partial charge is 0.338 e. The zero-order valence-electron chi connectivity index (χ0n) is 21.4. The van der Waals surface area contributed by atoms with E-state index in [-0.39, 0.29) is 30.1 Å². The van der Waals surface area contributed by atoms with Gasteiger partial charge in [-0.05, 0) is 54.8 Å². The number of halogens is 1. The number of carbonyl (C=O) groups is 2. The predicted molar refractivity (Wildman–Crippen MR) is 140 cm³/mol. The summed E-state index contributed by atoms with van der Waals surface area (Å²) in [6.45, 7) is 10.7. The summed E-state index contributed by atoms with van der Waals surface area (Å²) in [5.74, 6) is -1.18. The highest BCUT2D eigenvalue weighted by Gasteiger charge is 2.18. The van der Waals surface area contributed by atoms with E-state index in [1.165, 1.54) is 19.1 Å². The lowest BCUT2D eigenvalue weighted by Crippen LogP contribution is -2.12. The van der Waals surface area contributed by atoms with Gasteiger partial charge in [0.05, 0.1) is 13.2 Å². The minimum absolute atomic E-state index is 0.106. The van der Waals surface area contributed by atoms with Crippen LogP contribution >= 0.6 is 0 Å². The van der Waals surface area contributed by atoms with Gasteiger partial charge < -0.3 is 18.9 Å². The molecule has 0 saturated carbocycles. The summed E-state index contributed by atoms with van der Waals surface area (Å²) >= 11 is 0. The van der Waals surface area contributed by atoms with Crippen molar-refractivity contribution in [2.24, 2.45) is 0 Å². The Morgan fingerprint density at radius 2 is 1.24 bits per heavy atom. The van der Waals surface area contributed by atoms with Crippen LogP contribution in [0.1, 0.15) is 25.0 Å². The topological polar surface area (TPSA) is 71.1 Å². The summed E-state index contributed by atoms with van der Waals surface area (Å²) < 4.78 is 36.2. The Morgan fingerprint density at radius 3 is 1.73 bits per heavy atom. The predicted octanol–water partition coefficient (Wildman–Crippen LogP) is 6.42. The molecule has 0 aliphatic rings. The van der Waals surface area contributed by atoms with Gasteiger partial charge in [-0.1, -0.05) is 37.4 Å². The van der Waals surface area contributed by atoms with E-state index in [9.17, 15) is 14.0 Å². The molecule has 3 aromatic rings. The zero-order valence-corrected chi connectivity index (χ0v) is 21.4. The third-order valence-corrected chi connectivity index (χ3v) is 5.41. The highest BCUT2D eigenvalue weighted by molar-refractivity contribution is 5.89. The number of hydrogen-bond acceptors (Lipinski definition) is 6. The molecule has 7 heteroatoms. The molecule has 0 N–H and O–H groups in total. The van der Waals surface area contributed by atoms with E-state index in [1.807, 2.05) is 24.3 Å². The fourth-order valence-corrected chi connectivity index (χ4v) is 3.59. The highest BCUT2D eigenvalue weighted by atomic mass is 19.1. The first kappa shape index (κ1) is 27.5. The van der Waals surface area contributed by atoms with E-state index in [0.717, 1.165) is 11.1 Å². The largest absolute Gasteiger partial charge is 0.423 e. The van der Waals surface area contributed by atoms with E-state index in [0.29, 0.717) is 28.0 Å². The van der Waals surface area contributed by atoms with Crippen molar-refractivity contribution in [3.8, 4) is 33.8 Å². The van der Waals surface area contributed by atoms with Crippen LogP contribution in [0, 0.1) is 5.82 Å². The fraction of sp³-hybridized carbons (Fsp3) is 0.200. The molecule has 0 bridgehead atoms. The van der Waals surface area contributed by atoms with Crippen molar-refractivity contribution < 1.29 is 32.9 Å². The van der Waals surface area contributed by atoms with Crippen LogP contribution in [0.5, 0.6) is 11.5 Å². The molecule has 0 heterocycles. The van der Waals surface area contributed by atoms with Crippen LogP contribution in [-0.4, -0.2) is 26.2 Å². The fourth-order valence-electron chi connectivity index (χ4n) is 3.59. The minimum Gasteiger partial charge on any atom is -0.423 e. The van der Waals surface area contributed by atoms with Gasteiger partial charge >= 0.3 is 11.9 Å². The minimum atomic E-state index is -0.613. The first-order chi connectivity index (χ1) is 17.6. The first-order valence-electron chi connectivity index (χ1n) is 11.4. The van der Waals surface area contributed by atoms with Crippen LogP contribution in [0.15, 0.2) is 78.9 Å². The lowest BCUT2D eigenvalue weighted by Gasteiger charge is -2.17. The number of benzene rings is 3. The van der Waals surface area contributed by atoms with Crippen molar-refractivity contribution in [1.29, 1.82) is 0 Å². The molecule has 192 valence electrons. The van der Waals surface area contributed by atoms with Gasteiger partial charge in [-0.25, -0.2) is 14.0 Å². The molecule has 0 amide bonds. The lowest BCUT2D eigenvalue weighted by molar-refractivity contribution is -0.131. The molecule has 6 nitrogen and oxygen atoms in total. The number of hydrogen-bond donors (Lipinski definition) is 0. The van der Waals surface area contributed by atoms with Gasteiger partial charge in [0.2, 0.25) is 0 Å². The molecular weight excluding hydrogens is 475 g/mol. The Labute approximate surface area is 215 Å². The molecule has 0 aromatic heterocycles. The number of rotatable bonds is 10. The Hall–Kier alpha value is -4.07. The second kappa shape index (κ2) is 12.3. The van der Waals surface area contributed by atoms with Gasteiger partial charge in [0.1, 0.15) is 17.3 Å². The van der Waals surface area contributed by atoms with Crippen LogP contribution in [0.25, 0.3) is 22.3 Å². The Morgan fingerprint density at radius 1 is 0.730 bits per heavy atom. The number of esters is 2. The summed E-state index contributed by atoms with van der Waals surface area (Å²) in [6, 6.07) is 15.4. The van der Waals surface area contributed by atoms with Gasteiger partial charge in [-0.2, -0.15) is 0 Å². The SMILES string of the molecule is C=C(C)C(=O)Oc1ccc(-c2ccc(-c3cc(COC)c(OC(=O)C(=C)C)c(COC)c3)cc2)c(F)c1. The van der Waals surface area contributed by atoms with E-state index in [1.54, 1.807) is 39.3 Å².